The summed E-state index contributed by atoms with van der Waals surface area (Å²) in [5, 5.41) is 2.92. The first-order chi connectivity index (χ1) is 9.58. The Labute approximate surface area is 119 Å². The van der Waals surface area contributed by atoms with Crippen LogP contribution in [0.4, 0.5) is 0 Å². The largest absolute Gasteiger partial charge is 0.368 e. The first-order valence-electron chi connectivity index (χ1n) is 6.93. The molecule has 1 heterocycles. The molecule has 5 nitrogen and oxygen atoms in total. The molecule has 2 amide bonds. The van der Waals surface area contributed by atoms with Crippen LogP contribution in [0, 0.1) is 0 Å². The molecular formula is C15H21N3O2. The average molecular weight is 275 g/mol. The summed E-state index contributed by atoms with van der Waals surface area (Å²) in [6, 6.07) is 9.22. The highest BCUT2D eigenvalue weighted by Crippen LogP contribution is 2.24. The number of primary amides is 1. The molecule has 1 saturated heterocycles. The fraction of sp³-hybridized carbons (Fsp3) is 0.467. The number of nitrogens with zero attached hydrogens (tertiary/aromatic N) is 1. The number of carbonyl (C=O) groups excluding carboxylic acids is 2. The third kappa shape index (κ3) is 3.57. The molecule has 0 spiro atoms. The molecule has 3 N–H and O–H groups in total. The van der Waals surface area contributed by atoms with Crippen molar-refractivity contribution >= 4 is 11.8 Å². The Bertz CT molecular complexity index is 475. The van der Waals surface area contributed by atoms with Crippen molar-refractivity contribution in [2.45, 2.75) is 31.8 Å². The maximum absolute atomic E-state index is 11.8. The topological polar surface area (TPSA) is 75.4 Å². The van der Waals surface area contributed by atoms with E-state index < -0.39 is 6.04 Å². The lowest BCUT2D eigenvalue weighted by molar-refractivity contribution is -0.124. The lowest BCUT2D eigenvalue weighted by Gasteiger charge is -2.37. The fourth-order valence-electron chi connectivity index (χ4n) is 2.84. The monoisotopic (exact) mass is 275 g/mol. The Morgan fingerprint density at radius 2 is 2.05 bits per heavy atom. The molecule has 1 aliphatic heterocycles. The molecule has 1 aromatic rings. The van der Waals surface area contributed by atoms with Crippen LogP contribution in [-0.4, -0.2) is 35.8 Å². The molecule has 1 aromatic carbocycles. The van der Waals surface area contributed by atoms with E-state index in [0.717, 1.165) is 24.9 Å². The lowest BCUT2D eigenvalue weighted by Crippen LogP contribution is -2.50. The quantitative estimate of drug-likeness (QED) is 0.854. The number of hydrogen-bond acceptors (Lipinski definition) is 3. The number of carbonyl (C=O) groups is 2. The number of hydrogen-bond donors (Lipinski definition) is 2. The van der Waals surface area contributed by atoms with Gasteiger partial charge in [-0.3, -0.25) is 14.5 Å². The van der Waals surface area contributed by atoms with E-state index in [4.69, 9.17) is 5.73 Å². The standard InChI is InChI=1S/C15H21N3O2/c1-11(19)17-13-8-5-9-18(10-13)14(15(16)20)12-6-3-2-4-7-12/h2-4,6-7,13-14H,5,8-10H2,1H3,(H2,16,20)(H,17,19)/t13-,14+/m0/s1. The van der Waals surface area contributed by atoms with Crippen molar-refractivity contribution in [2.24, 2.45) is 5.73 Å². The van der Waals surface area contributed by atoms with Crippen LogP contribution in [0.5, 0.6) is 0 Å². The second-order valence-electron chi connectivity index (χ2n) is 5.25. The molecule has 2 rings (SSSR count). The molecule has 0 saturated carbocycles. The van der Waals surface area contributed by atoms with E-state index in [9.17, 15) is 9.59 Å². The van der Waals surface area contributed by atoms with Gasteiger partial charge in [0.05, 0.1) is 0 Å². The average Bonchev–Trinajstić information content (AvgIpc) is 2.39. The summed E-state index contributed by atoms with van der Waals surface area (Å²) in [4.78, 5) is 25.0. The molecule has 0 bridgehead atoms. The Morgan fingerprint density at radius 1 is 1.35 bits per heavy atom. The van der Waals surface area contributed by atoms with Gasteiger partial charge in [-0.05, 0) is 24.9 Å². The molecule has 1 fully saturated rings. The van der Waals surface area contributed by atoms with Gasteiger partial charge in [0.25, 0.3) is 0 Å². The van der Waals surface area contributed by atoms with Crippen LogP contribution in [0.1, 0.15) is 31.4 Å². The number of benzene rings is 1. The molecule has 0 aromatic heterocycles. The van der Waals surface area contributed by atoms with E-state index in [2.05, 4.69) is 10.2 Å². The summed E-state index contributed by atoms with van der Waals surface area (Å²) in [5.41, 5.74) is 6.48. The van der Waals surface area contributed by atoms with Crippen molar-refractivity contribution in [1.82, 2.24) is 10.2 Å². The van der Waals surface area contributed by atoms with Crippen LogP contribution in [-0.2, 0) is 9.59 Å². The van der Waals surface area contributed by atoms with Crippen molar-refractivity contribution in [2.75, 3.05) is 13.1 Å². The van der Waals surface area contributed by atoms with Gasteiger partial charge >= 0.3 is 0 Å². The number of nitrogens with one attached hydrogen (secondary N) is 1. The molecular weight excluding hydrogens is 254 g/mol. The predicted molar refractivity (Wildman–Crippen MR) is 76.8 cm³/mol. The first kappa shape index (κ1) is 14.5. The van der Waals surface area contributed by atoms with Crippen molar-refractivity contribution in [1.29, 1.82) is 0 Å². The third-order valence-electron chi connectivity index (χ3n) is 3.61. The number of rotatable bonds is 4. The summed E-state index contributed by atoms with van der Waals surface area (Å²) >= 11 is 0. The first-order valence-corrected chi connectivity index (χ1v) is 6.93. The highest BCUT2D eigenvalue weighted by atomic mass is 16.2. The van der Waals surface area contributed by atoms with Gasteiger partial charge < -0.3 is 11.1 Å². The van der Waals surface area contributed by atoms with E-state index >= 15 is 0 Å². The maximum Gasteiger partial charge on any atom is 0.239 e. The van der Waals surface area contributed by atoms with Crippen LogP contribution in [0.3, 0.4) is 0 Å². The zero-order chi connectivity index (χ0) is 14.5. The molecule has 20 heavy (non-hydrogen) atoms. The molecule has 0 unspecified atom stereocenters. The van der Waals surface area contributed by atoms with Gasteiger partial charge in [0.1, 0.15) is 6.04 Å². The van der Waals surface area contributed by atoms with Gasteiger partial charge in [-0.25, -0.2) is 0 Å². The molecule has 0 radical (unpaired) electrons. The van der Waals surface area contributed by atoms with E-state index in [-0.39, 0.29) is 17.9 Å². The second kappa shape index (κ2) is 6.52. The molecule has 5 heteroatoms. The zero-order valence-corrected chi connectivity index (χ0v) is 11.7. The third-order valence-corrected chi connectivity index (χ3v) is 3.61. The second-order valence-corrected chi connectivity index (χ2v) is 5.25. The maximum atomic E-state index is 11.8. The molecule has 108 valence electrons. The number of nitrogens with two attached hydrogens (primary N) is 1. The van der Waals surface area contributed by atoms with Gasteiger partial charge in [-0.2, -0.15) is 0 Å². The smallest absolute Gasteiger partial charge is 0.239 e. The minimum Gasteiger partial charge on any atom is -0.368 e. The molecule has 1 aliphatic rings. The van der Waals surface area contributed by atoms with Crippen LogP contribution >= 0.6 is 0 Å². The van der Waals surface area contributed by atoms with E-state index in [1.165, 1.54) is 6.92 Å². The van der Waals surface area contributed by atoms with Crippen LogP contribution in [0.2, 0.25) is 0 Å². The summed E-state index contributed by atoms with van der Waals surface area (Å²) < 4.78 is 0. The summed E-state index contributed by atoms with van der Waals surface area (Å²) in [6.45, 7) is 2.99. The fourth-order valence-corrected chi connectivity index (χ4v) is 2.84. The van der Waals surface area contributed by atoms with Crippen LogP contribution in [0.15, 0.2) is 30.3 Å². The normalized spacial score (nSPS) is 21.1. The number of piperidine rings is 1. The summed E-state index contributed by atoms with van der Waals surface area (Å²) in [6.07, 6.45) is 1.89. The van der Waals surface area contributed by atoms with E-state index in [1.54, 1.807) is 0 Å². The highest BCUT2D eigenvalue weighted by molar-refractivity contribution is 5.81. The van der Waals surface area contributed by atoms with Gasteiger partial charge in [0, 0.05) is 19.5 Å². The minimum atomic E-state index is -0.423. The van der Waals surface area contributed by atoms with Gasteiger partial charge in [0.15, 0.2) is 0 Å². The summed E-state index contributed by atoms with van der Waals surface area (Å²) in [5.74, 6) is -0.383. The van der Waals surface area contributed by atoms with Crippen molar-refractivity contribution in [3.8, 4) is 0 Å². The van der Waals surface area contributed by atoms with Crippen LogP contribution < -0.4 is 11.1 Å². The minimum absolute atomic E-state index is 0.0350. The lowest BCUT2D eigenvalue weighted by atomic mass is 9.99. The predicted octanol–water partition coefficient (Wildman–Crippen LogP) is 0.814. The Balaban J connectivity index is 2.13. The molecule has 0 aliphatic carbocycles. The van der Waals surface area contributed by atoms with E-state index in [1.807, 2.05) is 30.3 Å². The van der Waals surface area contributed by atoms with Crippen molar-refractivity contribution in [3.05, 3.63) is 35.9 Å². The van der Waals surface area contributed by atoms with E-state index in [0.29, 0.717) is 6.54 Å². The number of amides is 2. The van der Waals surface area contributed by atoms with Gasteiger partial charge in [-0.1, -0.05) is 30.3 Å². The highest BCUT2D eigenvalue weighted by Gasteiger charge is 2.30. The SMILES string of the molecule is CC(=O)N[C@H]1CCCN([C@@H](C(N)=O)c2ccccc2)C1. The number of likely N-dealkylation sites (tertiary alicyclic amines) is 1. The van der Waals surface area contributed by atoms with Crippen molar-refractivity contribution < 1.29 is 9.59 Å². The Kier molecular flexibility index (Phi) is 4.74. The Morgan fingerprint density at radius 3 is 2.65 bits per heavy atom. The van der Waals surface area contributed by atoms with Gasteiger partial charge in [-0.15, -0.1) is 0 Å². The van der Waals surface area contributed by atoms with Crippen LogP contribution in [0.25, 0.3) is 0 Å². The van der Waals surface area contributed by atoms with Gasteiger partial charge in [0.2, 0.25) is 11.8 Å². The summed E-state index contributed by atoms with van der Waals surface area (Å²) in [7, 11) is 0. The van der Waals surface area contributed by atoms with Crippen molar-refractivity contribution in [3.63, 3.8) is 0 Å². The zero-order valence-electron chi connectivity index (χ0n) is 11.7. The molecule has 2 atom stereocenters. The Hall–Kier alpha value is -1.88.